The fraction of sp³-hybridized carbons (Fsp3) is 0.579. The standard InChI is InChI=1S/C19H30N4O3/c1-22(2)15-10-8-14(9-11-15)18(25)23(21)19(26)17(24)16(20)12-13-6-4-3-5-7-13/h8-11,13,16-17,24H,3-7,12,20-21H2,1-2H3/t16-,17?/m1/s1. The third kappa shape index (κ3) is 5.03. The summed E-state index contributed by atoms with van der Waals surface area (Å²) < 4.78 is 0. The van der Waals surface area contributed by atoms with Crippen LogP contribution in [-0.4, -0.2) is 48.2 Å². The molecule has 1 unspecified atom stereocenters. The number of carbonyl (C=O) groups excluding carboxylic acids is 2. The van der Waals surface area contributed by atoms with Crippen molar-refractivity contribution >= 4 is 17.5 Å². The number of amides is 2. The molecule has 0 spiro atoms. The summed E-state index contributed by atoms with van der Waals surface area (Å²) in [6, 6.07) is 5.99. The Balaban J connectivity index is 1.96. The predicted octanol–water partition coefficient (Wildman–Crippen LogP) is 1.25. The van der Waals surface area contributed by atoms with E-state index in [1.165, 1.54) is 6.42 Å². The molecule has 2 atom stereocenters. The van der Waals surface area contributed by atoms with Crippen LogP contribution in [0.4, 0.5) is 5.69 Å². The van der Waals surface area contributed by atoms with Crippen molar-refractivity contribution in [3.05, 3.63) is 29.8 Å². The maximum absolute atomic E-state index is 12.4. The molecule has 1 aliphatic rings. The lowest BCUT2D eigenvalue weighted by Crippen LogP contribution is -2.53. The molecular weight excluding hydrogens is 332 g/mol. The Morgan fingerprint density at radius 2 is 1.73 bits per heavy atom. The van der Waals surface area contributed by atoms with E-state index in [0.717, 1.165) is 31.4 Å². The minimum absolute atomic E-state index is 0.277. The molecule has 0 bridgehead atoms. The lowest BCUT2D eigenvalue weighted by atomic mass is 9.84. The van der Waals surface area contributed by atoms with Crippen molar-refractivity contribution in [2.24, 2.45) is 17.5 Å². The zero-order chi connectivity index (χ0) is 19.3. The summed E-state index contributed by atoms with van der Waals surface area (Å²) in [6.07, 6.45) is 4.76. The molecular formula is C19H30N4O3. The summed E-state index contributed by atoms with van der Waals surface area (Å²) in [7, 11) is 3.78. The second-order valence-corrected chi connectivity index (χ2v) is 7.30. The Hall–Kier alpha value is -1.96. The van der Waals surface area contributed by atoms with Gasteiger partial charge in [0.2, 0.25) is 0 Å². The van der Waals surface area contributed by atoms with E-state index < -0.39 is 24.0 Å². The van der Waals surface area contributed by atoms with Crippen LogP contribution in [0.3, 0.4) is 0 Å². The molecule has 1 aliphatic carbocycles. The van der Waals surface area contributed by atoms with Crippen LogP contribution in [0.15, 0.2) is 24.3 Å². The summed E-state index contributed by atoms with van der Waals surface area (Å²) >= 11 is 0. The number of carbonyl (C=O) groups is 2. The van der Waals surface area contributed by atoms with Gasteiger partial charge in [-0.25, -0.2) is 10.9 Å². The Labute approximate surface area is 154 Å². The zero-order valence-corrected chi connectivity index (χ0v) is 15.6. The summed E-state index contributed by atoms with van der Waals surface area (Å²) in [4.78, 5) is 26.7. The van der Waals surface area contributed by atoms with Crippen LogP contribution in [0.1, 0.15) is 48.9 Å². The monoisotopic (exact) mass is 362 g/mol. The maximum Gasteiger partial charge on any atom is 0.274 e. The van der Waals surface area contributed by atoms with Gasteiger partial charge in [-0.3, -0.25) is 9.59 Å². The highest BCUT2D eigenvalue weighted by Gasteiger charge is 2.31. The van der Waals surface area contributed by atoms with Gasteiger partial charge in [0.1, 0.15) is 6.10 Å². The smallest absolute Gasteiger partial charge is 0.274 e. The fourth-order valence-corrected chi connectivity index (χ4v) is 3.40. The van der Waals surface area contributed by atoms with Crippen LogP contribution < -0.4 is 16.5 Å². The second-order valence-electron chi connectivity index (χ2n) is 7.30. The number of rotatable bonds is 6. The molecule has 5 N–H and O–H groups in total. The van der Waals surface area contributed by atoms with E-state index in [1.807, 2.05) is 19.0 Å². The number of hydrazine groups is 1. The van der Waals surface area contributed by atoms with Crippen molar-refractivity contribution < 1.29 is 14.7 Å². The summed E-state index contributed by atoms with van der Waals surface area (Å²) in [6.45, 7) is 0. The summed E-state index contributed by atoms with van der Waals surface area (Å²) in [5.41, 5.74) is 7.21. The van der Waals surface area contributed by atoms with Gasteiger partial charge < -0.3 is 15.7 Å². The fourth-order valence-electron chi connectivity index (χ4n) is 3.40. The number of aliphatic hydroxyl groups excluding tert-OH is 1. The molecule has 1 saturated carbocycles. The Morgan fingerprint density at radius 3 is 2.27 bits per heavy atom. The molecule has 0 radical (unpaired) electrons. The van der Waals surface area contributed by atoms with E-state index in [9.17, 15) is 14.7 Å². The number of aliphatic hydroxyl groups is 1. The van der Waals surface area contributed by atoms with Gasteiger partial charge in [0.25, 0.3) is 11.8 Å². The molecule has 2 rings (SSSR count). The van der Waals surface area contributed by atoms with Gasteiger partial charge in [0.15, 0.2) is 0 Å². The molecule has 1 aromatic carbocycles. The van der Waals surface area contributed by atoms with Gasteiger partial charge in [-0.1, -0.05) is 32.1 Å². The zero-order valence-electron chi connectivity index (χ0n) is 15.6. The van der Waals surface area contributed by atoms with Gasteiger partial charge in [-0.05, 0) is 36.6 Å². The Kier molecular flexibility index (Phi) is 7.14. The van der Waals surface area contributed by atoms with Crippen molar-refractivity contribution in [3.63, 3.8) is 0 Å². The van der Waals surface area contributed by atoms with Gasteiger partial charge in [-0.2, -0.15) is 0 Å². The van der Waals surface area contributed by atoms with Gasteiger partial charge >= 0.3 is 0 Å². The number of benzene rings is 1. The first kappa shape index (κ1) is 20.4. The third-order valence-corrected chi connectivity index (χ3v) is 5.08. The van der Waals surface area contributed by atoms with Gasteiger partial charge in [-0.15, -0.1) is 0 Å². The van der Waals surface area contributed by atoms with E-state index in [-0.39, 0.29) is 5.56 Å². The average molecular weight is 362 g/mol. The minimum Gasteiger partial charge on any atom is -0.382 e. The Bertz CT molecular complexity index is 612. The first-order chi connectivity index (χ1) is 12.3. The third-order valence-electron chi connectivity index (χ3n) is 5.08. The Morgan fingerprint density at radius 1 is 1.15 bits per heavy atom. The van der Waals surface area contributed by atoms with Gasteiger partial charge in [0, 0.05) is 31.4 Å². The first-order valence-corrected chi connectivity index (χ1v) is 9.15. The topological polar surface area (TPSA) is 113 Å². The van der Waals surface area contributed by atoms with Crippen molar-refractivity contribution in [2.45, 2.75) is 50.7 Å². The van der Waals surface area contributed by atoms with Crippen LogP contribution in [0, 0.1) is 5.92 Å². The molecule has 0 heterocycles. The highest BCUT2D eigenvalue weighted by molar-refractivity contribution is 6.05. The average Bonchev–Trinajstić information content (AvgIpc) is 2.66. The van der Waals surface area contributed by atoms with Crippen LogP contribution in [0.25, 0.3) is 0 Å². The molecule has 26 heavy (non-hydrogen) atoms. The second kappa shape index (κ2) is 9.12. The molecule has 0 aromatic heterocycles. The molecule has 144 valence electrons. The highest BCUT2D eigenvalue weighted by Crippen LogP contribution is 2.27. The SMILES string of the molecule is CN(C)c1ccc(C(=O)N(N)C(=O)C(O)[C@H](N)CC2CCCCC2)cc1. The van der Waals surface area contributed by atoms with Crippen LogP contribution >= 0.6 is 0 Å². The number of nitrogens with two attached hydrogens (primary N) is 2. The minimum atomic E-state index is -1.48. The molecule has 0 saturated heterocycles. The van der Waals surface area contributed by atoms with Crippen molar-refractivity contribution in [3.8, 4) is 0 Å². The quantitative estimate of drug-likeness (QED) is 0.399. The van der Waals surface area contributed by atoms with E-state index in [0.29, 0.717) is 17.3 Å². The normalized spacial score (nSPS) is 17.4. The number of hydrogen-bond donors (Lipinski definition) is 3. The molecule has 1 fully saturated rings. The molecule has 7 heteroatoms. The van der Waals surface area contributed by atoms with Crippen LogP contribution in [-0.2, 0) is 4.79 Å². The molecule has 1 aromatic rings. The highest BCUT2D eigenvalue weighted by atomic mass is 16.3. The number of hydrogen-bond acceptors (Lipinski definition) is 6. The summed E-state index contributed by atoms with van der Waals surface area (Å²) in [5, 5.41) is 10.7. The first-order valence-electron chi connectivity index (χ1n) is 9.15. The van der Waals surface area contributed by atoms with Gasteiger partial charge in [0.05, 0.1) is 0 Å². The molecule has 7 nitrogen and oxygen atoms in total. The van der Waals surface area contributed by atoms with Crippen LogP contribution in [0.5, 0.6) is 0 Å². The summed E-state index contributed by atoms with van der Waals surface area (Å²) in [5.74, 6) is 4.56. The largest absolute Gasteiger partial charge is 0.382 e. The molecule has 0 aliphatic heterocycles. The lowest BCUT2D eigenvalue weighted by Gasteiger charge is -2.28. The van der Waals surface area contributed by atoms with Crippen LogP contribution in [0.2, 0.25) is 0 Å². The van der Waals surface area contributed by atoms with Crippen molar-refractivity contribution in [1.82, 2.24) is 5.01 Å². The molecule has 2 amide bonds. The van der Waals surface area contributed by atoms with E-state index in [2.05, 4.69) is 0 Å². The lowest BCUT2D eigenvalue weighted by molar-refractivity contribution is -0.138. The van der Waals surface area contributed by atoms with Crippen molar-refractivity contribution in [2.75, 3.05) is 19.0 Å². The number of anilines is 1. The van der Waals surface area contributed by atoms with E-state index in [1.54, 1.807) is 24.3 Å². The van der Waals surface area contributed by atoms with E-state index in [4.69, 9.17) is 11.6 Å². The number of nitrogens with zero attached hydrogens (tertiary/aromatic N) is 2. The maximum atomic E-state index is 12.4. The van der Waals surface area contributed by atoms with E-state index >= 15 is 0 Å². The number of imide groups is 1. The predicted molar refractivity (Wildman–Crippen MR) is 101 cm³/mol. The van der Waals surface area contributed by atoms with Crippen molar-refractivity contribution in [1.29, 1.82) is 0 Å².